The van der Waals surface area contributed by atoms with Crippen LogP contribution >= 0.6 is 0 Å². The van der Waals surface area contributed by atoms with Gasteiger partial charge in [0.2, 0.25) is 0 Å². The van der Waals surface area contributed by atoms with Gasteiger partial charge in [-0.1, -0.05) is 38.8 Å². The van der Waals surface area contributed by atoms with Crippen LogP contribution in [0.25, 0.3) is 0 Å². The van der Waals surface area contributed by atoms with Crippen LogP contribution < -0.4 is 9.47 Å². The van der Waals surface area contributed by atoms with E-state index in [2.05, 4.69) is 38.7 Å². The van der Waals surface area contributed by atoms with Crippen molar-refractivity contribution >= 4 is 5.78 Å². The third-order valence-electron chi connectivity index (χ3n) is 6.66. The van der Waals surface area contributed by atoms with Gasteiger partial charge in [-0.2, -0.15) is 0 Å². The Bertz CT molecular complexity index is 779. The Balaban J connectivity index is 2.16. The molecule has 1 aliphatic carbocycles. The number of methoxy groups -OCH3 is 2. The Hall–Kier alpha value is -1.85. The highest BCUT2D eigenvalue weighted by molar-refractivity contribution is 6.04. The summed E-state index contributed by atoms with van der Waals surface area (Å²) in [5.74, 6) is 1.60. The van der Waals surface area contributed by atoms with Gasteiger partial charge in [0.1, 0.15) is 0 Å². The lowest BCUT2D eigenvalue weighted by Gasteiger charge is -2.56. The van der Waals surface area contributed by atoms with Gasteiger partial charge in [-0.25, -0.2) is 0 Å². The van der Waals surface area contributed by atoms with Crippen molar-refractivity contribution in [2.24, 2.45) is 11.3 Å². The molecule has 0 spiro atoms. The number of rotatable bonds is 6. The van der Waals surface area contributed by atoms with Crippen molar-refractivity contribution in [3.8, 4) is 11.5 Å². The third-order valence-corrected chi connectivity index (χ3v) is 6.66. The summed E-state index contributed by atoms with van der Waals surface area (Å²) in [7, 11) is 3.22. The molecular weight excluding hydrogens is 366 g/mol. The van der Waals surface area contributed by atoms with E-state index in [0.717, 1.165) is 25.9 Å². The predicted molar refractivity (Wildman–Crippen MR) is 115 cm³/mol. The van der Waals surface area contributed by atoms with Gasteiger partial charge in [0, 0.05) is 18.7 Å². The molecule has 0 amide bonds. The second kappa shape index (κ2) is 8.49. The molecule has 5 nitrogen and oxygen atoms in total. The van der Waals surface area contributed by atoms with E-state index in [1.807, 2.05) is 18.2 Å². The van der Waals surface area contributed by atoms with Gasteiger partial charge in [0.05, 0.1) is 33.0 Å². The Labute approximate surface area is 175 Å². The molecular formula is C24H35NO4. The minimum atomic E-state index is -0.583. The molecule has 1 fully saturated rings. The highest BCUT2D eigenvalue weighted by Crippen LogP contribution is 2.51. The summed E-state index contributed by atoms with van der Waals surface area (Å²) < 4.78 is 16.5. The summed E-state index contributed by atoms with van der Waals surface area (Å²) in [6.07, 6.45) is 4.05. The maximum Gasteiger partial charge on any atom is 0.183 e. The quantitative estimate of drug-likeness (QED) is 0.524. The van der Waals surface area contributed by atoms with E-state index in [-0.39, 0.29) is 17.1 Å². The third kappa shape index (κ3) is 3.82. The van der Waals surface area contributed by atoms with Crippen molar-refractivity contribution in [3.05, 3.63) is 35.4 Å². The summed E-state index contributed by atoms with van der Waals surface area (Å²) in [6, 6.07) is 5.53. The first-order valence-electron chi connectivity index (χ1n) is 10.6. The lowest BCUT2D eigenvalue weighted by molar-refractivity contribution is -0.0561. The van der Waals surface area contributed by atoms with E-state index in [9.17, 15) is 4.79 Å². The predicted octanol–water partition coefficient (Wildman–Crippen LogP) is 4.36. The summed E-state index contributed by atoms with van der Waals surface area (Å²) in [6.45, 7) is 11.8. The minimum Gasteiger partial charge on any atom is -0.493 e. The van der Waals surface area contributed by atoms with E-state index < -0.39 is 5.54 Å². The van der Waals surface area contributed by atoms with Crippen LogP contribution in [-0.2, 0) is 4.74 Å². The number of hydrogen-bond donors (Lipinski definition) is 0. The van der Waals surface area contributed by atoms with Crippen LogP contribution in [0, 0.1) is 11.3 Å². The molecule has 1 aromatic carbocycles. The average molecular weight is 402 g/mol. The molecule has 2 unspecified atom stereocenters. The summed E-state index contributed by atoms with van der Waals surface area (Å²) >= 11 is 0. The van der Waals surface area contributed by atoms with Crippen molar-refractivity contribution in [2.45, 2.75) is 46.1 Å². The number of ketones is 1. The number of ether oxygens (including phenoxy) is 3. The molecule has 2 aliphatic rings. The second-order valence-electron chi connectivity index (χ2n) is 8.87. The lowest BCUT2D eigenvalue weighted by Crippen LogP contribution is -2.65. The highest BCUT2D eigenvalue weighted by Gasteiger charge is 2.56. The van der Waals surface area contributed by atoms with Crippen molar-refractivity contribution in [3.63, 3.8) is 0 Å². The fraction of sp³-hybridized carbons (Fsp3) is 0.625. The number of hydrogen-bond acceptors (Lipinski definition) is 5. The van der Waals surface area contributed by atoms with E-state index >= 15 is 0 Å². The molecule has 0 radical (unpaired) electrons. The topological polar surface area (TPSA) is 48.0 Å². The molecule has 1 aromatic rings. The largest absolute Gasteiger partial charge is 0.493 e. The van der Waals surface area contributed by atoms with Gasteiger partial charge >= 0.3 is 0 Å². The first-order chi connectivity index (χ1) is 13.8. The Morgan fingerprint density at radius 1 is 1.17 bits per heavy atom. The number of morpholine rings is 1. The molecule has 0 bridgehead atoms. The molecule has 29 heavy (non-hydrogen) atoms. The van der Waals surface area contributed by atoms with Crippen LogP contribution in [0.1, 0.15) is 50.9 Å². The average Bonchev–Trinajstić information content (AvgIpc) is 2.71. The van der Waals surface area contributed by atoms with E-state index in [0.29, 0.717) is 30.3 Å². The maximum absolute atomic E-state index is 14.3. The fourth-order valence-corrected chi connectivity index (χ4v) is 5.72. The van der Waals surface area contributed by atoms with Gasteiger partial charge in [-0.3, -0.25) is 9.69 Å². The SMILES string of the molecule is CCC1C(C)(C)C=C(C)CC1(C(=O)c1ccc(OC)c(OC)c1)N1CCOCC1. The number of carbonyl (C=O) groups is 1. The summed E-state index contributed by atoms with van der Waals surface area (Å²) in [5, 5.41) is 0. The summed E-state index contributed by atoms with van der Waals surface area (Å²) in [4.78, 5) is 16.7. The van der Waals surface area contributed by atoms with E-state index in [1.54, 1.807) is 14.2 Å². The Kier molecular flexibility index (Phi) is 6.39. The van der Waals surface area contributed by atoms with Crippen LogP contribution in [0.15, 0.2) is 29.8 Å². The van der Waals surface area contributed by atoms with Crippen molar-refractivity contribution in [1.82, 2.24) is 4.90 Å². The zero-order chi connectivity index (χ0) is 21.2. The Morgan fingerprint density at radius 2 is 1.83 bits per heavy atom. The number of benzene rings is 1. The van der Waals surface area contributed by atoms with Gasteiger partial charge in [0.15, 0.2) is 17.3 Å². The molecule has 160 valence electrons. The molecule has 1 aliphatic heterocycles. The van der Waals surface area contributed by atoms with Gasteiger partial charge in [0.25, 0.3) is 0 Å². The molecule has 3 rings (SSSR count). The van der Waals surface area contributed by atoms with Crippen LogP contribution in [0.4, 0.5) is 0 Å². The van der Waals surface area contributed by atoms with Gasteiger partial charge in [-0.15, -0.1) is 0 Å². The molecule has 1 heterocycles. The Morgan fingerprint density at radius 3 is 2.41 bits per heavy atom. The van der Waals surface area contributed by atoms with Crippen LogP contribution in [0.3, 0.4) is 0 Å². The number of allylic oxidation sites excluding steroid dienone is 1. The highest BCUT2D eigenvalue weighted by atomic mass is 16.5. The number of Topliss-reactive ketones (excluding diaryl/α,β-unsaturated/α-hetero) is 1. The normalized spacial score (nSPS) is 27.2. The van der Waals surface area contributed by atoms with Crippen LogP contribution in [0.5, 0.6) is 11.5 Å². The summed E-state index contributed by atoms with van der Waals surface area (Å²) in [5.41, 5.74) is 1.31. The standard InChI is InChI=1S/C24H35NO4/c1-7-21-23(3,4)15-17(2)16-24(21,25-10-12-29-13-11-25)22(26)18-8-9-19(27-5)20(14-18)28-6/h8-9,14-15,21H,7,10-13,16H2,1-6H3. The molecule has 5 heteroatoms. The van der Waals surface area contributed by atoms with E-state index in [4.69, 9.17) is 14.2 Å². The van der Waals surface area contributed by atoms with Crippen LogP contribution in [-0.4, -0.2) is 56.7 Å². The zero-order valence-corrected chi connectivity index (χ0v) is 18.7. The monoisotopic (exact) mass is 401 g/mol. The van der Waals surface area contributed by atoms with Crippen LogP contribution in [0.2, 0.25) is 0 Å². The molecule has 0 aromatic heterocycles. The molecule has 0 N–H and O–H groups in total. The first-order valence-corrected chi connectivity index (χ1v) is 10.6. The maximum atomic E-state index is 14.3. The molecule has 1 saturated heterocycles. The first kappa shape index (κ1) is 21.8. The molecule has 2 atom stereocenters. The van der Waals surface area contributed by atoms with Crippen molar-refractivity contribution in [1.29, 1.82) is 0 Å². The number of nitrogens with zero attached hydrogens (tertiary/aromatic N) is 1. The van der Waals surface area contributed by atoms with Crippen molar-refractivity contribution in [2.75, 3.05) is 40.5 Å². The fourth-order valence-electron chi connectivity index (χ4n) is 5.72. The van der Waals surface area contributed by atoms with Crippen molar-refractivity contribution < 1.29 is 19.0 Å². The smallest absolute Gasteiger partial charge is 0.183 e. The lowest BCUT2D eigenvalue weighted by atomic mass is 9.57. The zero-order valence-electron chi connectivity index (χ0n) is 18.7. The second-order valence-corrected chi connectivity index (χ2v) is 8.87. The van der Waals surface area contributed by atoms with Gasteiger partial charge in [-0.05, 0) is 42.9 Å². The van der Waals surface area contributed by atoms with E-state index in [1.165, 1.54) is 5.57 Å². The number of carbonyl (C=O) groups excluding carboxylic acids is 1. The van der Waals surface area contributed by atoms with Gasteiger partial charge < -0.3 is 14.2 Å². The minimum absolute atomic E-state index is 0.0679. The molecule has 0 saturated carbocycles.